The number of amides is 4. The lowest BCUT2D eigenvalue weighted by Crippen LogP contribution is -2.44. The predicted molar refractivity (Wildman–Crippen MR) is 136 cm³/mol. The molecule has 4 amide bonds. The summed E-state index contributed by atoms with van der Waals surface area (Å²) >= 11 is 0.839. The van der Waals surface area contributed by atoms with Gasteiger partial charge in [0.15, 0.2) is 0 Å². The van der Waals surface area contributed by atoms with Crippen LogP contribution in [0, 0.1) is 5.92 Å². The van der Waals surface area contributed by atoms with E-state index in [4.69, 9.17) is 0 Å². The minimum atomic E-state index is -0.683. The van der Waals surface area contributed by atoms with Crippen molar-refractivity contribution in [2.75, 3.05) is 5.32 Å². The number of para-hydroxylation sites is 1. The Balaban J connectivity index is 1.68. The zero-order valence-electron chi connectivity index (χ0n) is 19.6. The topological polar surface area (TPSA) is 106 Å². The third kappa shape index (κ3) is 6.81. The number of anilines is 1. The fourth-order valence-corrected chi connectivity index (χ4v) is 4.39. The molecule has 178 valence electrons. The van der Waals surface area contributed by atoms with E-state index in [1.54, 1.807) is 24.3 Å². The second kappa shape index (κ2) is 11.7. The number of hydrogen-bond acceptors (Lipinski definition) is 4. The summed E-state index contributed by atoms with van der Waals surface area (Å²) in [5.74, 6) is -0.891. The lowest BCUT2D eigenvalue weighted by molar-refractivity contribution is -0.118. The summed E-state index contributed by atoms with van der Waals surface area (Å²) in [6.07, 6.45) is 2.61. The normalized spacial score (nSPS) is 13.9. The molecule has 0 unspecified atom stereocenters. The maximum Gasteiger partial charge on any atom is 0.346 e. The molecule has 34 heavy (non-hydrogen) atoms. The summed E-state index contributed by atoms with van der Waals surface area (Å²) in [4.78, 5) is 49.3. The van der Waals surface area contributed by atoms with Gasteiger partial charge in [-0.15, -0.1) is 0 Å². The molecular formula is C26H29N3O4S. The van der Waals surface area contributed by atoms with Crippen LogP contribution in [0.15, 0.2) is 48.5 Å². The molecule has 0 aromatic heterocycles. The standard InChI is InChI=1S/C26H29N3O4S/c1-4-7-18-8-5-6-9-20(18)27-24(31)21(14-16(2)3)28-23(30)19-12-10-17(11-13-19)15-22-25(32)29-26(33)34-22/h5-6,8-13,16,21H,4,7,14-15H2,1-3H3,(H2-,27,28,29,30,31,32,33)/t21-/m0/s1. The first-order chi connectivity index (χ1) is 16.3. The van der Waals surface area contributed by atoms with Crippen LogP contribution < -0.4 is 10.6 Å². The first-order valence-electron chi connectivity index (χ1n) is 11.4. The van der Waals surface area contributed by atoms with E-state index in [1.807, 2.05) is 38.1 Å². The summed E-state index contributed by atoms with van der Waals surface area (Å²) in [5.41, 5.74) is 3.03. The Morgan fingerprint density at radius 1 is 1.03 bits per heavy atom. The predicted octanol–water partition coefficient (Wildman–Crippen LogP) is 4.25. The van der Waals surface area contributed by atoms with E-state index < -0.39 is 17.2 Å². The van der Waals surface area contributed by atoms with Crippen LogP contribution in [0.25, 0.3) is 5.32 Å². The van der Waals surface area contributed by atoms with Crippen molar-refractivity contribution in [1.82, 2.24) is 5.32 Å². The van der Waals surface area contributed by atoms with Crippen molar-refractivity contribution in [3.8, 4) is 0 Å². The van der Waals surface area contributed by atoms with Crippen LogP contribution in [0.3, 0.4) is 0 Å². The SMILES string of the molecule is CCCc1ccccc1NC(=O)[C@H](CC(C)C)NC(=O)c1ccc(CC2=[S+]C(=O)[N-]C2=O)cc1. The molecule has 2 N–H and O–H groups in total. The summed E-state index contributed by atoms with van der Waals surface area (Å²) in [7, 11) is 0. The molecule has 1 atom stereocenters. The minimum absolute atomic E-state index is 0.205. The average molecular weight is 480 g/mol. The van der Waals surface area contributed by atoms with Gasteiger partial charge in [0.1, 0.15) is 11.9 Å². The summed E-state index contributed by atoms with van der Waals surface area (Å²) < 4.78 is 0. The Labute approximate surface area is 203 Å². The third-order valence-electron chi connectivity index (χ3n) is 5.35. The monoisotopic (exact) mass is 479 g/mol. The summed E-state index contributed by atoms with van der Waals surface area (Å²) in [5, 5.41) is 8.73. The van der Waals surface area contributed by atoms with E-state index in [-0.39, 0.29) is 24.2 Å². The van der Waals surface area contributed by atoms with Gasteiger partial charge in [-0.1, -0.05) is 57.5 Å². The zero-order chi connectivity index (χ0) is 24.7. The Bertz CT molecular complexity index is 1110. The van der Waals surface area contributed by atoms with E-state index in [1.165, 1.54) is 0 Å². The molecular weight excluding hydrogens is 450 g/mol. The van der Waals surface area contributed by atoms with Gasteiger partial charge in [0.25, 0.3) is 5.91 Å². The molecule has 0 aliphatic carbocycles. The molecule has 1 heterocycles. The molecule has 1 aliphatic rings. The number of nitrogens with zero attached hydrogens (tertiary/aromatic N) is 1. The average Bonchev–Trinajstić information content (AvgIpc) is 3.11. The van der Waals surface area contributed by atoms with Crippen molar-refractivity contribution in [3.05, 3.63) is 70.5 Å². The summed E-state index contributed by atoms with van der Waals surface area (Å²) in [6.45, 7) is 6.09. The first kappa shape index (κ1) is 25.2. The zero-order valence-corrected chi connectivity index (χ0v) is 20.4. The highest BCUT2D eigenvalue weighted by Crippen LogP contribution is 2.18. The van der Waals surface area contributed by atoms with Gasteiger partial charge in [-0.3, -0.25) is 9.59 Å². The summed E-state index contributed by atoms with van der Waals surface area (Å²) in [6, 6.07) is 13.8. The number of hydrogen-bond donors (Lipinski definition) is 2. The second-order valence-electron chi connectivity index (χ2n) is 8.63. The molecule has 7 nitrogen and oxygen atoms in total. The molecule has 0 spiro atoms. The molecule has 3 rings (SSSR count). The minimum Gasteiger partial charge on any atom is -0.531 e. The van der Waals surface area contributed by atoms with Gasteiger partial charge in [0.05, 0.1) is 6.42 Å². The fraction of sp³-hybridized carbons (Fsp3) is 0.346. The number of rotatable bonds is 10. The number of carbonyl (C=O) groups is 4. The van der Waals surface area contributed by atoms with Crippen LogP contribution in [0.5, 0.6) is 0 Å². The van der Waals surface area contributed by atoms with Crippen LogP contribution in [0.4, 0.5) is 10.5 Å². The van der Waals surface area contributed by atoms with E-state index in [0.717, 1.165) is 41.0 Å². The van der Waals surface area contributed by atoms with Crippen LogP contribution in [-0.4, -0.2) is 33.9 Å². The number of nitrogens with one attached hydrogen (secondary N) is 2. The van der Waals surface area contributed by atoms with Gasteiger partial charge in [-0.2, -0.15) is 0 Å². The third-order valence-corrected chi connectivity index (χ3v) is 6.18. The number of carbonyl (C=O) groups excluding carboxylic acids is 4. The molecule has 2 aromatic rings. The van der Waals surface area contributed by atoms with Gasteiger partial charge in [-0.05, 0) is 48.1 Å². The van der Waals surface area contributed by atoms with E-state index in [0.29, 0.717) is 16.8 Å². The van der Waals surface area contributed by atoms with Gasteiger partial charge in [0, 0.05) is 11.3 Å². The number of imide groups is 1. The van der Waals surface area contributed by atoms with Gasteiger partial charge < -0.3 is 20.7 Å². The van der Waals surface area contributed by atoms with Crippen molar-refractivity contribution in [3.63, 3.8) is 0 Å². The van der Waals surface area contributed by atoms with Crippen molar-refractivity contribution in [1.29, 1.82) is 0 Å². The Hall–Kier alpha value is -3.39. The Kier molecular flexibility index (Phi) is 8.65. The molecule has 0 bridgehead atoms. The van der Waals surface area contributed by atoms with Crippen molar-refractivity contribution in [2.45, 2.75) is 52.5 Å². The van der Waals surface area contributed by atoms with Crippen molar-refractivity contribution >= 4 is 44.9 Å². The van der Waals surface area contributed by atoms with E-state index in [2.05, 4.69) is 22.9 Å². The number of aryl methyl sites for hydroxylation is 1. The van der Waals surface area contributed by atoms with E-state index >= 15 is 0 Å². The molecule has 0 radical (unpaired) electrons. The Morgan fingerprint density at radius 3 is 2.35 bits per heavy atom. The molecule has 1 aliphatic heterocycles. The maximum absolute atomic E-state index is 13.1. The maximum atomic E-state index is 13.1. The highest BCUT2D eigenvalue weighted by molar-refractivity contribution is 7.97. The van der Waals surface area contributed by atoms with Crippen LogP contribution in [-0.2, 0) is 33.8 Å². The lowest BCUT2D eigenvalue weighted by Gasteiger charge is -2.21. The van der Waals surface area contributed by atoms with Crippen LogP contribution in [0.2, 0.25) is 0 Å². The highest BCUT2D eigenvalue weighted by atomic mass is 32.1. The Morgan fingerprint density at radius 2 is 1.74 bits per heavy atom. The second-order valence-corrected chi connectivity index (χ2v) is 9.68. The van der Waals surface area contributed by atoms with Crippen molar-refractivity contribution in [2.24, 2.45) is 5.92 Å². The molecule has 2 aromatic carbocycles. The van der Waals surface area contributed by atoms with Gasteiger partial charge in [0.2, 0.25) is 22.1 Å². The molecule has 0 fully saturated rings. The largest absolute Gasteiger partial charge is 0.531 e. The van der Waals surface area contributed by atoms with Gasteiger partial charge >= 0.3 is 5.24 Å². The van der Waals surface area contributed by atoms with E-state index in [9.17, 15) is 19.2 Å². The lowest BCUT2D eigenvalue weighted by atomic mass is 10.0. The fourth-order valence-electron chi connectivity index (χ4n) is 3.68. The highest BCUT2D eigenvalue weighted by Gasteiger charge is 2.26. The molecule has 8 heteroatoms. The van der Waals surface area contributed by atoms with Crippen molar-refractivity contribution < 1.29 is 19.2 Å². The molecule has 0 saturated carbocycles. The quantitative estimate of drug-likeness (QED) is 0.392. The van der Waals surface area contributed by atoms with Crippen LogP contribution >= 0.6 is 0 Å². The molecule has 0 saturated heterocycles. The first-order valence-corrected chi connectivity index (χ1v) is 12.2. The smallest absolute Gasteiger partial charge is 0.346 e. The van der Waals surface area contributed by atoms with Crippen LogP contribution in [0.1, 0.15) is 55.1 Å². The van der Waals surface area contributed by atoms with Gasteiger partial charge in [-0.25, -0.2) is 4.79 Å². The number of benzene rings is 2.